The second kappa shape index (κ2) is 6.54. The molecule has 0 saturated heterocycles. The van der Waals surface area contributed by atoms with E-state index in [4.69, 9.17) is 4.74 Å². The first-order chi connectivity index (χ1) is 13.0. The second-order valence-corrected chi connectivity index (χ2v) is 6.31. The zero-order valence-electron chi connectivity index (χ0n) is 14.5. The standard InChI is InChI=1S/C21H17F3N2O/c1-27-20-5-3-2-4-18(20)14-6-7-15-13-26(25-19(15)12-14)17-10-8-16(9-11-17)21(22,23)24/h2-12,25H,13H2,1H3. The molecule has 0 radical (unpaired) electrons. The summed E-state index contributed by atoms with van der Waals surface area (Å²) in [4.78, 5) is 0. The summed E-state index contributed by atoms with van der Waals surface area (Å²) >= 11 is 0. The number of alkyl halides is 3. The number of anilines is 2. The number of hydrogen-bond donors (Lipinski definition) is 1. The average molecular weight is 370 g/mol. The highest BCUT2D eigenvalue weighted by Gasteiger charge is 2.30. The van der Waals surface area contributed by atoms with Crippen molar-refractivity contribution in [1.82, 2.24) is 0 Å². The monoisotopic (exact) mass is 370 g/mol. The summed E-state index contributed by atoms with van der Waals surface area (Å²) in [6.45, 7) is 0.576. The lowest BCUT2D eigenvalue weighted by atomic mass is 10.0. The molecule has 1 heterocycles. The number of para-hydroxylation sites is 1. The fraction of sp³-hybridized carbons (Fsp3) is 0.143. The molecule has 0 spiro atoms. The summed E-state index contributed by atoms with van der Waals surface area (Å²) in [5.74, 6) is 0.787. The van der Waals surface area contributed by atoms with E-state index in [0.717, 1.165) is 40.3 Å². The Morgan fingerprint density at radius 1 is 0.963 bits per heavy atom. The highest BCUT2D eigenvalue weighted by molar-refractivity contribution is 5.77. The summed E-state index contributed by atoms with van der Waals surface area (Å²) in [5.41, 5.74) is 7.29. The molecular formula is C21H17F3N2O. The lowest BCUT2D eigenvalue weighted by molar-refractivity contribution is -0.137. The number of rotatable bonds is 3. The van der Waals surface area contributed by atoms with E-state index in [1.54, 1.807) is 7.11 Å². The molecule has 0 unspecified atom stereocenters. The molecule has 0 aromatic heterocycles. The maximum Gasteiger partial charge on any atom is 0.416 e. The summed E-state index contributed by atoms with van der Waals surface area (Å²) in [5, 5.41) is 1.83. The van der Waals surface area contributed by atoms with Gasteiger partial charge in [0.25, 0.3) is 0 Å². The first kappa shape index (κ1) is 17.3. The molecule has 0 fully saturated rings. The van der Waals surface area contributed by atoms with Crippen molar-refractivity contribution in [3.8, 4) is 16.9 Å². The Bertz CT molecular complexity index is 968. The van der Waals surface area contributed by atoms with Gasteiger partial charge in [0.15, 0.2) is 0 Å². The molecule has 1 aliphatic heterocycles. The number of halogens is 3. The highest BCUT2D eigenvalue weighted by atomic mass is 19.4. The minimum Gasteiger partial charge on any atom is -0.496 e. The third-order valence-electron chi connectivity index (χ3n) is 4.62. The molecule has 27 heavy (non-hydrogen) atoms. The fourth-order valence-corrected chi connectivity index (χ4v) is 3.21. The first-order valence-electron chi connectivity index (χ1n) is 8.43. The normalized spacial score (nSPS) is 13.3. The number of hydrazine groups is 1. The largest absolute Gasteiger partial charge is 0.496 e. The van der Waals surface area contributed by atoms with Gasteiger partial charge in [0.2, 0.25) is 0 Å². The van der Waals surface area contributed by atoms with Crippen LogP contribution in [0.2, 0.25) is 0 Å². The van der Waals surface area contributed by atoms with Crippen molar-refractivity contribution in [1.29, 1.82) is 0 Å². The number of ether oxygens (including phenoxy) is 1. The van der Waals surface area contributed by atoms with Crippen LogP contribution in [0.1, 0.15) is 11.1 Å². The predicted molar refractivity (Wildman–Crippen MR) is 99.7 cm³/mol. The van der Waals surface area contributed by atoms with Gasteiger partial charge in [-0.05, 0) is 47.5 Å². The van der Waals surface area contributed by atoms with Gasteiger partial charge in [-0.1, -0.05) is 30.3 Å². The predicted octanol–water partition coefficient (Wildman–Crippen LogP) is 5.73. The number of methoxy groups -OCH3 is 1. The summed E-state index contributed by atoms with van der Waals surface area (Å²) < 4.78 is 43.6. The molecule has 1 aliphatic rings. The second-order valence-electron chi connectivity index (χ2n) is 6.31. The lowest BCUT2D eigenvalue weighted by Gasteiger charge is -2.19. The van der Waals surface area contributed by atoms with Gasteiger partial charge >= 0.3 is 6.18 Å². The lowest BCUT2D eigenvalue weighted by Crippen LogP contribution is -2.22. The van der Waals surface area contributed by atoms with Crippen LogP contribution in [0.4, 0.5) is 24.5 Å². The molecule has 6 heteroatoms. The van der Waals surface area contributed by atoms with Gasteiger partial charge in [-0.3, -0.25) is 10.4 Å². The van der Waals surface area contributed by atoms with E-state index in [9.17, 15) is 13.2 Å². The molecular weight excluding hydrogens is 353 g/mol. The van der Waals surface area contributed by atoms with Crippen LogP contribution in [0.25, 0.3) is 11.1 Å². The molecule has 4 rings (SSSR count). The van der Waals surface area contributed by atoms with E-state index in [2.05, 4.69) is 5.43 Å². The van der Waals surface area contributed by atoms with Crippen molar-refractivity contribution in [3.63, 3.8) is 0 Å². The van der Waals surface area contributed by atoms with E-state index in [-0.39, 0.29) is 0 Å². The van der Waals surface area contributed by atoms with Crippen LogP contribution in [0.15, 0.2) is 66.7 Å². The van der Waals surface area contributed by atoms with E-state index >= 15 is 0 Å². The van der Waals surface area contributed by atoms with Crippen LogP contribution in [0.3, 0.4) is 0 Å². The van der Waals surface area contributed by atoms with Crippen molar-refractivity contribution >= 4 is 11.4 Å². The van der Waals surface area contributed by atoms with E-state index < -0.39 is 11.7 Å². The number of nitrogens with one attached hydrogen (secondary N) is 1. The maximum atomic E-state index is 12.7. The minimum absolute atomic E-state index is 0.576. The van der Waals surface area contributed by atoms with Gasteiger partial charge in [0.1, 0.15) is 5.75 Å². The zero-order valence-corrected chi connectivity index (χ0v) is 14.5. The van der Waals surface area contributed by atoms with E-state index in [1.165, 1.54) is 12.1 Å². The maximum absolute atomic E-state index is 12.7. The molecule has 0 saturated carbocycles. The van der Waals surface area contributed by atoms with E-state index in [1.807, 2.05) is 47.5 Å². The Labute approximate surface area is 155 Å². The summed E-state index contributed by atoms with van der Waals surface area (Å²) in [6.07, 6.45) is -4.33. The molecule has 0 bridgehead atoms. The molecule has 3 aromatic carbocycles. The van der Waals surface area contributed by atoms with Gasteiger partial charge in [-0.15, -0.1) is 0 Å². The van der Waals surface area contributed by atoms with Crippen molar-refractivity contribution in [2.75, 3.05) is 17.5 Å². The number of fused-ring (bicyclic) bond motifs is 1. The number of benzene rings is 3. The Kier molecular flexibility index (Phi) is 4.18. The zero-order chi connectivity index (χ0) is 19.0. The van der Waals surface area contributed by atoms with Gasteiger partial charge in [-0.2, -0.15) is 13.2 Å². The van der Waals surface area contributed by atoms with Crippen molar-refractivity contribution in [3.05, 3.63) is 77.9 Å². The molecule has 0 atom stereocenters. The van der Waals surface area contributed by atoms with Crippen molar-refractivity contribution in [2.45, 2.75) is 12.7 Å². The SMILES string of the molecule is COc1ccccc1-c1ccc2c(c1)NN(c1ccc(C(F)(F)F)cc1)C2. The molecule has 0 amide bonds. The quantitative estimate of drug-likeness (QED) is 0.637. The van der Waals surface area contributed by atoms with Gasteiger partial charge < -0.3 is 4.74 Å². The summed E-state index contributed by atoms with van der Waals surface area (Å²) in [7, 11) is 1.64. The van der Waals surface area contributed by atoms with Gasteiger partial charge in [0, 0.05) is 5.56 Å². The Morgan fingerprint density at radius 3 is 2.41 bits per heavy atom. The van der Waals surface area contributed by atoms with Crippen molar-refractivity contribution < 1.29 is 17.9 Å². The van der Waals surface area contributed by atoms with Crippen LogP contribution in [0.5, 0.6) is 5.75 Å². The average Bonchev–Trinajstić information content (AvgIpc) is 3.10. The fourth-order valence-electron chi connectivity index (χ4n) is 3.21. The Hall–Kier alpha value is -3.15. The van der Waals surface area contributed by atoms with Crippen LogP contribution in [-0.4, -0.2) is 7.11 Å². The van der Waals surface area contributed by atoms with Gasteiger partial charge in [0.05, 0.1) is 30.6 Å². The summed E-state index contributed by atoms with van der Waals surface area (Å²) in [6, 6.07) is 19.0. The third-order valence-corrected chi connectivity index (χ3v) is 4.62. The molecule has 3 aromatic rings. The highest BCUT2D eigenvalue weighted by Crippen LogP contribution is 2.37. The minimum atomic E-state index is -4.33. The molecule has 138 valence electrons. The van der Waals surface area contributed by atoms with Crippen LogP contribution in [-0.2, 0) is 12.7 Å². The topological polar surface area (TPSA) is 24.5 Å². The Morgan fingerprint density at radius 2 is 1.70 bits per heavy atom. The van der Waals surface area contributed by atoms with Gasteiger partial charge in [-0.25, -0.2) is 0 Å². The van der Waals surface area contributed by atoms with Crippen molar-refractivity contribution in [2.24, 2.45) is 0 Å². The third kappa shape index (κ3) is 3.30. The number of nitrogens with zero attached hydrogens (tertiary/aromatic N) is 1. The smallest absolute Gasteiger partial charge is 0.416 e. The van der Waals surface area contributed by atoms with Crippen LogP contribution in [0, 0.1) is 0 Å². The molecule has 0 aliphatic carbocycles. The molecule has 3 nitrogen and oxygen atoms in total. The van der Waals surface area contributed by atoms with Crippen LogP contribution < -0.4 is 15.2 Å². The molecule has 1 N–H and O–H groups in total. The first-order valence-corrected chi connectivity index (χ1v) is 8.43. The Balaban J connectivity index is 1.59. The van der Waals surface area contributed by atoms with E-state index in [0.29, 0.717) is 12.2 Å². The number of hydrogen-bond acceptors (Lipinski definition) is 3. The van der Waals surface area contributed by atoms with Crippen LogP contribution >= 0.6 is 0 Å².